The molecule has 84 valence electrons. The third kappa shape index (κ3) is 1.97. The topological polar surface area (TPSA) is 40.5 Å². The lowest BCUT2D eigenvalue weighted by Crippen LogP contribution is -2.24. The number of hydrogen-bond donors (Lipinski definition) is 1. The molecular weight excluding hydrogens is 270 g/mol. The van der Waals surface area contributed by atoms with Gasteiger partial charge < -0.3 is 10.0 Å². The minimum absolute atomic E-state index is 0.0262. The highest BCUT2D eigenvalue weighted by molar-refractivity contribution is 9.10. The summed E-state index contributed by atoms with van der Waals surface area (Å²) in [6, 6.07) is 5.07. The number of rotatable bonds is 2. The molecule has 0 aromatic heterocycles. The zero-order valence-corrected chi connectivity index (χ0v) is 10.3. The van der Waals surface area contributed by atoms with Gasteiger partial charge in [0.25, 0.3) is 0 Å². The smallest absolute Gasteiger partial charge is 0.227 e. The van der Waals surface area contributed by atoms with E-state index in [9.17, 15) is 9.90 Å². The third-order valence-electron chi connectivity index (χ3n) is 2.72. The molecule has 1 amide bonds. The largest absolute Gasteiger partial charge is 0.506 e. The first kappa shape index (κ1) is 11.2. The second-order valence-electron chi connectivity index (χ2n) is 3.84. The molecule has 1 unspecified atom stereocenters. The fourth-order valence-electron chi connectivity index (χ4n) is 1.84. The standard InChI is InChI=1S/C12H12BrNO2/c1-2-8-5-12(16)14(7-8)10-6-9(13)3-4-11(10)15/h2-4,6,8,15H,1,5,7H2. The Balaban J connectivity index is 2.34. The molecule has 1 aromatic carbocycles. The van der Waals surface area contributed by atoms with Crippen LogP contribution in [0.1, 0.15) is 6.42 Å². The van der Waals surface area contributed by atoms with Crippen molar-refractivity contribution in [3.63, 3.8) is 0 Å². The molecule has 0 saturated carbocycles. The molecule has 16 heavy (non-hydrogen) atoms. The van der Waals surface area contributed by atoms with Gasteiger partial charge in [0.1, 0.15) is 5.75 Å². The summed E-state index contributed by atoms with van der Waals surface area (Å²) in [6.07, 6.45) is 2.25. The second-order valence-corrected chi connectivity index (χ2v) is 4.75. The quantitative estimate of drug-likeness (QED) is 0.847. The van der Waals surface area contributed by atoms with Crippen LogP contribution in [0, 0.1) is 5.92 Å². The van der Waals surface area contributed by atoms with E-state index in [-0.39, 0.29) is 17.6 Å². The second kappa shape index (κ2) is 4.29. The molecule has 1 fully saturated rings. The Hall–Kier alpha value is -1.29. The van der Waals surface area contributed by atoms with Crippen LogP contribution in [0.25, 0.3) is 0 Å². The van der Waals surface area contributed by atoms with Crippen molar-refractivity contribution in [3.05, 3.63) is 35.3 Å². The highest BCUT2D eigenvalue weighted by Gasteiger charge is 2.30. The van der Waals surface area contributed by atoms with Crippen molar-refractivity contribution >= 4 is 27.5 Å². The Kier molecular flexibility index (Phi) is 3.01. The molecule has 1 aliphatic rings. The lowest BCUT2D eigenvalue weighted by atomic mass is 10.1. The van der Waals surface area contributed by atoms with Crippen molar-refractivity contribution in [2.24, 2.45) is 5.92 Å². The van der Waals surface area contributed by atoms with E-state index in [1.165, 1.54) is 0 Å². The van der Waals surface area contributed by atoms with E-state index in [0.29, 0.717) is 18.7 Å². The predicted octanol–water partition coefficient (Wildman–Crippen LogP) is 2.69. The maximum absolute atomic E-state index is 11.8. The van der Waals surface area contributed by atoms with Crippen molar-refractivity contribution in [2.75, 3.05) is 11.4 Å². The minimum Gasteiger partial charge on any atom is -0.506 e. The molecule has 0 aliphatic carbocycles. The monoisotopic (exact) mass is 281 g/mol. The SMILES string of the molecule is C=CC1CC(=O)N(c2cc(Br)ccc2O)C1. The first-order valence-corrected chi connectivity index (χ1v) is 5.82. The van der Waals surface area contributed by atoms with Gasteiger partial charge in [0.15, 0.2) is 0 Å². The van der Waals surface area contributed by atoms with Crippen LogP contribution in [0.3, 0.4) is 0 Å². The molecule has 1 saturated heterocycles. The van der Waals surface area contributed by atoms with Crippen LogP contribution in [0.2, 0.25) is 0 Å². The van der Waals surface area contributed by atoms with Gasteiger partial charge in [-0.1, -0.05) is 22.0 Å². The Morgan fingerprint density at radius 3 is 2.94 bits per heavy atom. The average Bonchev–Trinajstić information content (AvgIpc) is 2.63. The van der Waals surface area contributed by atoms with Crippen LogP contribution >= 0.6 is 15.9 Å². The van der Waals surface area contributed by atoms with Gasteiger partial charge in [0.2, 0.25) is 5.91 Å². The number of nitrogens with zero attached hydrogens (tertiary/aromatic N) is 1. The summed E-state index contributed by atoms with van der Waals surface area (Å²) in [5.74, 6) is 0.324. The van der Waals surface area contributed by atoms with Gasteiger partial charge in [-0.25, -0.2) is 0 Å². The van der Waals surface area contributed by atoms with Crippen molar-refractivity contribution in [1.82, 2.24) is 0 Å². The highest BCUT2D eigenvalue weighted by atomic mass is 79.9. The van der Waals surface area contributed by atoms with Crippen LogP contribution in [0.5, 0.6) is 5.75 Å². The zero-order valence-electron chi connectivity index (χ0n) is 8.69. The lowest BCUT2D eigenvalue weighted by Gasteiger charge is -2.17. The Morgan fingerprint density at radius 2 is 2.31 bits per heavy atom. The minimum atomic E-state index is 0.0262. The van der Waals surface area contributed by atoms with Crippen LogP contribution in [-0.4, -0.2) is 17.6 Å². The fraction of sp³-hybridized carbons (Fsp3) is 0.250. The first-order chi connectivity index (χ1) is 7.61. The normalized spacial score (nSPS) is 20.2. The van der Waals surface area contributed by atoms with Gasteiger partial charge in [-0.15, -0.1) is 6.58 Å². The molecule has 0 spiro atoms. The van der Waals surface area contributed by atoms with Gasteiger partial charge in [0, 0.05) is 23.4 Å². The van der Waals surface area contributed by atoms with E-state index >= 15 is 0 Å². The summed E-state index contributed by atoms with van der Waals surface area (Å²) in [7, 11) is 0. The van der Waals surface area contributed by atoms with Crippen molar-refractivity contribution in [1.29, 1.82) is 0 Å². The van der Waals surface area contributed by atoms with Gasteiger partial charge in [-0.3, -0.25) is 4.79 Å². The van der Waals surface area contributed by atoms with Crippen LogP contribution in [0.15, 0.2) is 35.3 Å². The number of carbonyl (C=O) groups excluding carboxylic acids is 1. The number of carbonyl (C=O) groups is 1. The summed E-state index contributed by atoms with van der Waals surface area (Å²) in [5, 5.41) is 9.73. The van der Waals surface area contributed by atoms with Crippen LogP contribution in [-0.2, 0) is 4.79 Å². The van der Waals surface area contributed by atoms with E-state index in [1.807, 2.05) is 0 Å². The molecule has 1 heterocycles. The molecule has 1 N–H and O–H groups in total. The summed E-state index contributed by atoms with van der Waals surface area (Å²) in [5.41, 5.74) is 0.559. The zero-order chi connectivity index (χ0) is 11.7. The van der Waals surface area contributed by atoms with Gasteiger partial charge in [-0.2, -0.15) is 0 Å². The molecule has 1 aromatic rings. The molecule has 0 bridgehead atoms. The number of benzene rings is 1. The van der Waals surface area contributed by atoms with Crippen LogP contribution < -0.4 is 4.90 Å². The summed E-state index contributed by atoms with van der Waals surface area (Å²) >= 11 is 3.33. The molecular formula is C12H12BrNO2. The van der Waals surface area contributed by atoms with Gasteiger partial charge >= 0.3 is 0 Å². The maximum atomic E-state index is 11.8. The number of halogens is 1. The molecule has 0 radical (unpaired) electrons. The fourth-order valence-corrected chi connectivity index (χ4v) is 2.19. The average molecular weight is 282 g/mol. The first-order valence-electron chi connectivity index (χ1n) is 5.03. The number of anilines is 1. The van der Waals surface area contributed by atoms with Crippen molar-refractivity contribution < 1.29 is 9.90 Å². The number of hydrogen-bond acceptors (Lipinski definition) is 2. The molecule has 1 atom stereocenters. The lowest BCUT2D eigenvalue weighted by molar-refractivity contribution is -0.117. The van der Waals surface area contributed by atoms with Crippen molar-refractivity contribution in [3.8, 4) is 5.75 Å². The van der Waals surface area contributed by atoms with E-state index in [4.69, 9.17) is 0 Å². The number of amides is 1. The molecule has 4 heteroatoms. The third-order valence-corrected chi connectivity index (χ3v) is 3.21. The molecule has 2 rings (SSSR count). The molecule has 1 aliphatic heterocycles. The Bertz CT molecular complexity index is 445. The van der Waals surface area contributed by atoms with Crippen molar-refractivity contribution in [2.45, 2.75) is 6.42 Å². The summed E-state index contributed by atoms with van der Waals surface area (Å²) in [6.45, 7) is 4.28. The van der Waals surface area contributed by atoms with E-state index in [2.05, 4.69) is 22.5 Å². The summed E-state index contributed by atoms with van der Waals surface area (Å²) < 4.78 is 0.843. The van der Waals surface area contributed by atoms with E-state index in [0.717, 1.165) is 4.47 Å². The van der Waals surface area contributed by atoms with E-state index in [1.54, 1.807) is 29.2 Å². The van der Waals surface area contributed by atoms with Crippen LogP contribution in [0.4, 0.5) is 5.69 Å². The summed E-state index contributed by atoms with van der Waals surface area (Å²) in [4.78, 5) is 13.4. The van der Waals surface area contributed by atoms with E-state index < -0.39 is 0 Å². The number of phenolic OH excluding ortho intramolecular Hbond substituents is 1. The highest BCUT2D eigenvalue weighted by Crippen LogP contribution is 2.34. The predicted molar refractivity (Wildman–Crippen MR) is 66.5 cm³/mol. The Labute approximate surface area is 103 Å². The molecule has 3 nitrogen and oxygen atoms in total. The maximum Gasteiger partial charge on any atom is 0.227 e. The van der Waals surface area contributed by atoms with Gasteiger partial charge in [-0.05, 0) is 18.2 Å². The Morgan fingerprint density at radius 1 is 1.56 bits per heavy atom. The van der Waals surface area contributed by atoms with Gasteiger partial charge in [0.05, 0.1) is 5.69 Å². The number of aromatic hydroxyl groups is 1. The number of phenols is 1.